The molecular weight excluding hydrogens is 1320 g/mol. The van der Waals surface area contributed by atoms with E-state index in [0.29, 0.717) is 25.7 Å². The lowest BCUT2D eigenvalue weighted by molar-refractivity contribution is -0.161. The van der Waals surface area contributed by atoms with E-state index in [0.717, 1.165) is 102 Å². The zero-order chi connectivity index (χ0) is 74.2. The van der Waals surface area contributed by atoms with Crippen molar-refractivity contribution in [3.63, 3.8) is 0 Å². The van der Waals surface area contributed by atoms with Gasteiger partial charge < -0.3 is 33.8 Å². The van der Waals surface area contributed by atoms with Crippen LogP contribution in [0.3, 0.4) is 0 Å². The largest absolute Gasteiger partial charge is 0.472 e. The third-order valence-corrected chi connectivity index (χ3v) is 21.1. The average molecular weight is 1480 g/mol. The molecule has 0 amide bonds. The van der Waals surface area contributed by atoms with Crippen molar-refractivity contribution in [2.45, 2.75) is 452 Å². The molecule has 0 fully saturated rings. The minimum Gasteiger partial charge on any atom is -0.462 e. The highest BCUT2D eigenvalue weighted by Gasteiger charge is 2.30. The predicted octanol–water partition coefficient (Wildman–Crippen LogP) is 24.7. The first kappa shape index (κ1) is 99.1. The summed E-state index contributed by atoms with van der Waals surface area (Å²) < 4.78 is 68.8. The molecule has 0 saturated carbocycles. The lowest BCUT2D eigenvalue weighted by Gasteiger charge is -2.21. The van der Waals surface area contributed by atoms with Crippen molar-refractivity contribution in [1.82, 2.24) is 0 Å². The van der Waals surface area contributed by atoms with Crippen molar-refractivity contribution in [2.24, 2.45) is 11.8 Å². The topological polar surface area (TPSA) is 237 Å². The third kappa shape index (κ3) is 76.1. The highest BCUT2D eigenvalue weighted by atomic mass is 31.2. The van der Waals surface area contributed by atoms with E-state index in [1.807, 2.05) is 0 Å². The number of hydrogen-bond donors (Lipinski definition) is 3. The molecule has 0 aliphatic heterocycles. The van der Waals surface area contributed by atoms with Gasteiger partial charge in [0.25, 0.3) is 0 Å². The molecule has 2 unspecified atom stereocenters. The summed E-state index contributed by atoms with van der Waals surface area (Å²) in [6, 6.07) is 0. The molecule has 0 aliphatic carbocycles. The summed E-state index contributed by atoms with van der Waals surface area (Å²) in [5.74, 6) is -0.533. The summed E-state index contributed by atoms with van der Waals surface area (Å²) in [4.78, 5) is 73.1. The Morgan fingerprint density at radius 2 is 0.455 bits per heavy atom. The van der Waals surface area contributed by atoms with Gasteiger partial charge in [0.2, 0.25) is 0 Å². The number of aliphatic hydroxyl groups is 1. The SMILES string of the molecule is CCCCCCCCCCCCCCCCCC(=O)OC[C@H](COP(=O)(O)OC[C@@H](O)COP(=O)(O)OC[C@@H](COC(=O)CCCCCCCCCCCCCC)OC(=O)CCCCCCCCCCCCC(C)C)OC(=O)CCCCCCCCCCCCCCCCCCCCC(C)C. The maximum absolute atomic E-state index is 13.1. The Labute approximate surface area is 619 Å². The van der Waals surface area contributed by atoms with Crippen LogP contribution in [0.4, 0.5) is 0 Å². The molecular formula is C82H160O17P2. The Kier molecular flexibility index (Phi) is 72.2. The molecule has 5 atom stereocenters. The minimum absolute atomic E-state index is 0.107. The van der Waals surface area contributed by atoms with Crippen molar-refractivity contribution in [1.29, 1.82) is 0 Å². The van der Waals surface area contributed by atoms with Gasteiger partial charge in [0.05, 0.1) is 26.4 Å². The van der Waals surface area contributed by atoms with E-state index in [4.69, 9.17) is 37.0 Å². The number of esters is 4. The monoisotopic (exact) mass is 1480 g/mol. The molecule has 3 N–H and O–H groups in total. The summed E-state index contributed by atoms with van der Waals surface area (Å²) in [6.45, 7) is 9.67. The van der Waals surface area contributed by atoms with Crippen molar-refractivity contribution >= 4 is 39.5 Å². The van der Waals surface area contributed by atoms with Gasteiger partial charge in [-0.2, -0.15) is 0 Å². The van der Waals surface area contributed by atoms with Crippen LogP contribution in [0.2, 0.25) is 0 Å². The number of phosphoric ester groups is 2. The van der Waals surface area contributed by atoms with Gasteiger partial charge in [-0.3, -0.25) is 37.3 Å². The van der Waals surface area contributed by atoms with E-state index in [-0.39, 0.29) is 25.7 Å². The van der Waals surface area contributed by atoms with Crippen molar-refractivity contribution < 1.29 is 80.2 Å². The number of unbranched alkanes of at least 4 members (excludes halogenated alkanes) is 51. The lowest BCUT2D eigenvalue weighted by atomic mass is 10.0. The standard InChI is InChI=1S/C82H160O17P2/c1-7-9-11-13-15-17-19-21-26-30-34-41-47-53-59-65-80(85)93-70-77(98-81(86)66-60-54-48-42-35-31-28-25-23-22-24-27-29-32-38-44-50-56-62-74(3)4)72-96-100(88,89)94-68-76(83)69-95-101(90,91)97-73-78(71-92-79(84)64-58-52-46-40-33-20-18-16-14-12-10-8-2)99-82(87)67-61-55-49-43-37-36-39-45-51-57-63-75(5)6/h74-78,83H,7-73H2,1-6H3,(H,88,89)(H,90,91)/t76-,77-,78-/m1/s1. The Balaban J connectivity index is 5.23. The molecule has 101 heavy (non-hydrogen) atoms. The molecule has 17 nitrogen and oxygen atoms in total. The second-order valence-corrected chi connectivity index (χ2v) is 33.4. The molecule has 0 aromatic rings. The van der Waals surface area contributed by atoms with Crippen LogP contribution in [0.25, 0.3) is 0 Å². The molecule has 0 aromatic heterocycles. The summed E-state index contributed by atoms with van der Waals surface area (Å²) >= 11 is 0. The summed E-state index contributed by atoms with van der Waals surface area (Å²) in [5.41, 5.74) is 0. The van der Waals surface area contributed by atoms with Crippen LogP contribution in [0.1, 0.15) is 433 Å². The van der Waals surface area contributed by atoms with Gasteiger partial charge in [0.1, 0.15) is 19.3 Å². The van der Waals surface area contributed by atoms with Crippen LogP contribution in [-0.4, -0.2) is 96.7 Å². The molecule has 0 bridgehead atoms. The quantitative estimate of drug-likeness (QED) is 0.0222. The Morgan fingerprint density at radius 3 is 0.673 bits per heavy atom. The van der Waals surface area contributed by atoms with E-state index >= 15 is 0 Å². The highest BCUT2D eigenvalue weighted by molar-refractivity contribution is 7.47. The van der Waals surface area contributed by atoms with Gasteiger partial charge in [0.15, 0.2) is 12.2 Å². The van der Waals surface area contributed by atoms with Gasteiger partial charge in [-0.05, 0) is 37.5 Å². The maximum atomic E-state index is 13.1. The normalized spacial score (nSPS) is 13.9. The molecule has 0 saturated heterocycles. The number of carbonyl (C=O) groups is 4. The van der Waals surface area contributed by atoms with Crippen LogP contribution in [0.15, 0.2) is 0 Å². The molecule has 0 aromatic carbocycles. The van der Waals surface area contributed by atoms with E-state index in [1.165, 1.54) is 250 Å². The molecule has 19 heteroatoms. The summed E-state index contributed by atoms with van der Waals surface area (Å²) in [6.07, 6.45) is 63.8. The number of carbonyl (C=O) groups excluding carboxylic acids is 4. The fourth-order valence-corrected chi connectivity index (χ4v) is 14.3. The molecule has 0 heterocycles. The summed E-state index contributed by atoms with van der Waals surface area (Å²) in [7, 11) is -9.92. The number of ether oxygens (including phenoxy) is 4. The lowest BCUT2D eigenvalue weighted by Crippen LogP contribution is -2.30. The summed E-state index contributed by atoms with van der Waals surface area (Å²) in [5, 5.41) is 10.6. The maximum Gasteiger partial charge on any atom is 0.472 e. The number of hydrogen-bond acceptors (Lipinski definition) is 15. The van der Waals surface area contributed by atoms with Gasteiger partial charge in [0, 0.05) is 25.7 Å². The van der Waals surface area contributed by atoms with Gasteiger partial charge in [-0.15, -0.1) is 0 Å². The van der Waals surface area contributed by atoms with Crippen LogP contribution >= 0.6 is 15.6 Å². The molecule has 0 radical (unpaired) electrons. The first-order valence-corrected chi connectivity index (χ1v) is 45.5. The van der Waals surface area contributed by atoms with Crippen molar-refractivity contribution in [3.05, 3.63) is 0 Å². The average Bonchev–Trinajstić information content (AvgIpc) is 0.988. The number of phosphoric acid groups is 2. The molecule has 600 valence electrons. The van der Waals surface area contributed by atoms with Crippen LogP contribution in [-0.2, 0) is 65.4 Å². The van der Waals surface area contributed by atoms with Crippen LogP contribution < -0.4 is 0 Å². The van der Waals surface area contributed by atoms with E-state index in [9.17, 15) is 43.2 Å². The molecule has 0 rings (SSSR count). The van der Waals surface area contributed by atoms with Gasteiger partial charge in [-0.25, -0.2) is 9.13 Å². The van der Waals surface area contributed by atoms with E-state index < -0.39 is 97.5 Å². The smallest absolute Gasteiger partial charge is 0.462 e. The first-order valence-electron chi connectivity index (χ1n) is 42.5. The van der Waals surface area contributed by atoms with Gasteiger partial charge in [-0.1, -0.05) is 382 Å². The Bertz CT molecular complexity index is 1940. The minimum atomic E-state index is -4.96. The third-order valence-electron chi connectivity index (χ3n) is 19.2. The second kappa shape index (κ2) is 73.6. The zero-order valence-corrected chi connectivity index (χ0v) is 68.0. The fraction of sp³-hybridized carbons (Fsp3) is 0.951. The van der Waals surface area contributed by atoms with Crippen molar-refractivity contribution in [2.75, 3.05) is 39.6 Å². The van der Waals surface area contributed by atoms with E-state index in [1.54, 1.807) is 0 Å². The van der Waals surface area contributed by atoms with Crippen molar-refractivity contribution in [3.8, 4) is 0 Å². The Morgan fingerprint density at radius 1 is 0.267 bits per heavy atom. The highest BCUT2D eigenvalue weighted by Crippen LogP contribution is 2.45. The number of rotatable bonds is 81. The van der Waals surface area contributed by atoms with Gasteiger partial charge >= 0.3 is 39.5 Å². The van der Waals surface area contributed by atoms with Crippen LogP contribution in [0, 0.1) is 11.8 Å². The molecule has 0 spiro atoms. The Hall–Kier alpha value is -1.94. The van der Waals surface area contributed by atoms with Crippen LogP contribution in [0.5, 0.6) is 0 Å². The predicted molar refractivity (Wildman–Crippen MR) is 414 cm³/mol. The fourth-order valence-electron chi connectivity index (χ4n) is 12.7. The second-order valence-electron chi connectivity index (χ2n) is 30.5. The zero-order valence-electron chi connectivity index (χ0n) is 66.2. The first-order chi connectivity index (χ1) is 48.9. The number of aliphatic hydroxyl groups excluding tert-OH is 1. The molecule has 0 aliphatic rings. The van der Waals surface area contributed by atoms with E-state index in [2.05, 4.69) is 41.5 Å².